The quantitative estimate of drug-likeness (QED) is 0.542. The van der Waals surface area contributed by atoms with Gasteiger partial charge >= 0.3 is 0 Å². The molecule has 0 N–H and O–H groups in total. The molecule has 0 bridgehead atoms. The first-order chi connectivity index (χ1) is 4.76. The van der Waals surface area contributed by atoms with E-state index in [0.717, 1.165) is 6.92 Å². The second-order valence-corrected chi connectivity index (χ2v) is 3.46. The van der Waals surface area contributed by atoms with Crippen LogP contribution in [0.25, 0.3) is 0 Å². The van der Waals surface area contributed by atoms with Crippen molar-refractivity contribution in [2.24, 2.45) is 5.41 Å². The van der Waals surface area contributed by atoms with Gasteiger partial charge in [0.25, 0.3) is 6.08 Å². The third kappa shape index (κ3) is 2.78. The lowest BCUT2D eigenvalue weighted by atomic mass is 9.87. The third-order valence-corrected chi connectivity index (χ3v) is 1.31. The van der Waals surface area contributed by atoms with E-state index in [-0.39, 0.29) is 0 Å². The number of allylic oxidation sites excluding steroid dienone is 1. The summed E-state index contributed by atoms with van der Waals surface area (Å²) in [6.07, 6.45) is -1.88. The highest BCUT2D eigenvalue weighted by molar-refractivity contribution is 5.98. The van der Waals surface area contributed by atoms with Crippen LogP contribution in [0.1, 0.15) is 27.7 Å². The van der Waals surface area contributed by atoms with Gasteiger partial charge in [0.15, 0.2) is 5.78 Å². The molecule has 11 heavy (non-hydrogen) atoms. The molecular formula is C8H12F2O. The molecule has 0 rings (SSSR count). The van der Waals surface area contributed by atoms with Crippen LogP contribution < -0.4 is 0 Å². The minimum Gasteiger partial charge on any atom is -0.294 e. The molecule has 0 aromatic heterocycles. The van der Waals surface area contributed by atoms with E-state index >= 15 is 0 Å². The first kappa shape index (κ1) is 10.3. The van der Waals surface area contributed by atoms with Gasteiger partial charge in [0.1, 0.15) is 0 Å². The van der Waals surface area contributed by atoms with Gasteiger partial charge in [-0.25, -0.2) is 0 Å². The van der Waals surface area contributed by atoms with Crippen molar-refractivity contribution in [2.45, 2.75) is 27.7 Å². The Kier molecular flexibility index (Phi) is 2.91. The fourth-order valence-corrected chi connectivity index (χ4v) is 0.648. The molecule has 0 aliphatic rings. The molecule has 0 aromatic carbocycles. The Balaban J connectivity index is 4.67. The SMILES string of the molecule is CC(C(=O)C(C)(C)C)=C(F)F. The Morgan fingerprint density at radius 2 is 1.55 bits per heavy atom. The summed E-state index contributed by atoms with van der Waals surface area (Å²) in [6, 6.07) is 0. The number of carbonyl (C=O) groups excluding carboxylic acids is 1. The summed E-state index contributed by atoms with van der Waals surface area (Å²) in [6.45, 7) is 5.98. The second kappa shape index (κ2) is 3.11. The summed E-state index contributed by atoms with van der Waals surface area (Å²) in [7, 11) is 0. The van der Waals surface area contributed by atoms with Gasteiger partial charge in [-0.15, -0.1) is 0 Å². The van der Waals surface area contributed by atoms with Gasteiger partial charge in [-0.2, -0.15) is 8.78 Å². The Morgan fingerprint density at radius 3 is 1.64 bits per heavy atom. The Morgan fingerprint density at radius 1 is 1.18 bits per heavy atom. The lowest BCUT2D eigenvalue weighted by Crippen LogP contribution is -2.21. The molecule has 0 amide bonds. The smallest absolute Gasteiger partial charge is 0.276 e. The summed E-state index contributed by atoms with van der Waals surface area (Å²) in [5.74, 6) is -0.502. The maximum absolute atomic E-state index is 11.9. The molecule has 0 aromatic rings. The van der Waals surface area contributed by atoms with Crippen LogP contribution in [0.15, 0.2) is 11.7 Å². The monoisotopic (exact) mass is 162 g/mol. The summed E-state index contributed by atoms with van der Waals surface area (Å²) in [4.78, 5) is 11.1. The zero-order valence-electron chi connectivity index (χ0n) is 7.16. The lowest BCUT2D eigenvalue weighted by Gasteiger charge is -2.15. The molecule has 0 spiro atoms. The van der Waals surface area contributed by atoms with E-state index in [4.69, 9.17) is 0 Å². The molecule has 0 saturated heterocycles. The summed E-state index contributed by atoms with van der Waals surface area (Å²) >= 11 is 0. The zero-order chi connectivity index (χ0) is 9.23. The van der Waals surface area contributed by atoms with Crippen molar-refractivity contribution < 1.29 is 13.6 Å². The minimum atomic E-state index is -1.88. The number of halogens is 2. The third-order valence-electron chi connectivity index (χ3n) is 1.31. The van der Waals surface area contributed by atoms with Crippen molar-refractivity contribution in [1.29, 1.82) is 0 Å². The highest BCUT2D eigenvalue weighted by atomic mass is 19.3. The average Bonchev–Trinajstić information content (AvgIpc) is 1.82. The molecule has 0 aliphatic heterocycles. The van der Waals surface area contributed by atoms with E-state index in [1.54, 1.807) is 20.8 Å². The maximum atomic E-state index is 11.9. The predicted octanol–water partition coefficient (Wildman–Crippen LogP) is 2.77. The molecule has 3 heteroatoms. The van der Waals surface area contributed by atoms with Gasteiger partial charge in [0, 0.05) is 5.41 Å². The van der Waals surface area contributed by atoms with Gasteiger partial charge < -0.3 is 0 Å². The van der Waals surface area contributed by atoms with Crippen molar-refractivity contribution in [2.75, 3.05) is 0 Å². The summed E-state index contributed by atoms with van der Waals surface area (Å²) in [5, 5.41) is 0. The fraction of sp³-hybridized carbons (Fsp3) is 0.625. The molecule has 0 aliphatic carbocycles. The molecule has 0 unspecified atom stereocenters. The highest BCUT2D eigenvalue weighted by Crippen LogP contribution is 2.22. The van der Waals surface area contributed by atoms with Crippen LogP contribution in [0.4, 0.5) is 8.78 Å². The van der Waals surface area contributed by atoms with Crippen molar-refractivity contribution in [3.05, 3.63) is 11.7 Å². The van der Waals surface area contributed by atoms with Crippen LogP contribution in [-0.4, -0.2) is 5.78 Å². The van der Waals surface area contributed by atoms with Crippen LogP contribution in [0.5, 0.6) is 0 Å². The van der Waals surface area contributed by atoms with Gasteiger partial charge in [-0.3, -0.25) is 4.79 Å². The first-order valence-electron chi connectivity index (χ1n) is 3.33. The standard InChI is InChI=1S/C8H12F2O/c1-5(7(9)10)6(11)8(2,3)4/h1-4H3. The normalized spacial score (nSPS) is 11.1. The van der Waals surface area contributed by atoms with Gasteiger partial charge in [-0.1, -0.05) is 20.8 Å². The number of Topliss-reactive ketones (excluding diaryl/α,β-unsaturated/α-hetero) is 1. The molecule has 0 saturated carbocycles. The van der Waals surface area contributed by atoms with Crippen molar-refractivity contribution in [3.63, 3.8) is 0 Å². The Labute approximate surface area is 65.1 Å². The van der Waals surface area contributed by atoms with Crippen LogP contribution in [0.2, 0.25) is 0 Å². The van der Waals surface area contributed by atoms with Gasteiger partial charge in [0.2, 0.25) is 0 Å². The maximum Gasteiger partial charge on any atom is 0.276 e. The van der Waals surface area contributed by atoms with Crippen molar-refractivity contribution in [1.82, 2.24) is 0 Å². The zero-order valence-corrected chi connectivity index (χ0v) is 7.16. The second-order valence-electron chi connectivity index (χ2n) is 3.46. The fourth-order valence-electron chi connectivity index (χ4n) is 0.648. The van der Waals surface area contributed by atoms with Crippen LogP contribution in [0.3, 0.4) is 0 Å². The number of rotatable bonds is 1. The van der Waals surface area contributed by atoms with E-state index in [2.05, 4.69) is 0 Å². The molecule has 0 heterocycles. The predicted molar refractivity (Wildman–Crippen MR) is 39.4 cm³/mol. The largest absolute Gasteiger partial charge is 0.294 e. The Bertz CT molecular complexity index is 195. The molecular weight excluding hydrogens is 150 g/mol. The summed E-state index contributed by atoms with van der Waals surface area (Å²) < 4.78 is 23.7. The van der Waals surface area contributed by atoms with E-state index < -0.39 is 22.9 Å². The topological polar surface area (TPSA) is 17.1 Å². The highest BCUT2D eigenvalue weighted by Gasteiger charge is 2.24. The molecule has 0 atom stereocenters. The molecule has 1 nitrogen and oxygen atoms in total. The van der Waals surface area contributed by atoms with E-state index in [9.17, 15) is 13.6 Å². The average molecular weight is 162 g/mol. The molecule has 0 fully saturated rings. The Hall–Kier alpha value is -0.730. The molecule has 64 valence electrons. The number of hydrogen-bond donors (Lipinski definition) is 0. The first-order valence-corrected chi connectivity index (χ1v) is 3.33. The summed E-state index contributed by atoms with van der Waals surface area (Å²) in [5.41, 5.74) is -1.15. The number of carbonyl (C=O) groups is 1. The van der Waals surface area contributed by atoms with Crippen molar-refractivity contribution >= 4 is 5.78 Å². The van der Waals surface area contributed by atoms with E-state index in [1.807, 2.05) is 0 Å². The van der Waals surface area contributed by atoms with E-state index in [0.29, 0.717) is 0 Å². The molecule has 0 radical (unpaired) electrons. The van der Waals surface area contributed by atoms with Crippen LogP contribution in [0, 0.1) is 5.41 Å². The number of hydrogen-bond acceptors (Lipinski definition) is 1. The van der Waals surface area contributed by atoms with Crippen LogP contribution in [-0.2, 0) is 4.79 Å². The van der Waals surface area contributed by atoms with Gasteiger partial charge in [-0.05, 0) is 6.92 Å². The van der Waals surface area contributed by atoms with E-state index in [1.165, 1.54) is 0 Å². The number of ketones is 1. The van der Waals surface area contributed by atoms with Crippen molar-refractivity contribution in [3.8, 4) is 0 Å². The van der Waals surface area contributed by atoms with Gasteiger partial charge in [0.05, 0.1) is 5.57 Å². The lowest BCUT2D eigenvalue weighted by molar-refractivity contribution is -0.122. The minimum absolute atomic E-state index is 0.433. The van der Waals surface area contributed by atoms with Crippen LogP contribution >= 0.6 is 0 Å².